The van der Waals surface area contributed by atoms with Crippen LogP contribution in [-0.4, -0.2) is 41.2 Å². The van der Waals surface area contributed by atoms with E-state index >= 15 is 0 Å². The molecule has 1 aliphatic rings. The lowest BCUT2D eigenvalue weighted by Gasteiger charge is -2.13. The maximum Gasteiger partial charge on any atom is 0.260 e. The number of benzene rings is 1. The van der Waals surface area contributed by atoms with Crippen LogP contribution in [-0.2, 0) is 0 Å². The summed E-state index contributed by atoms with van der Waals surface area (Å²) in [6.07, 6.45) is 4.16. The van der Waals surface area contributed by atoms with Crippen LogP contribution >= 0.6 is 23.4 Å². The largest absolute Gasteiger partial charge is 0.320 e. The Kier molecular flexibility index (Phi) is 6.29. The highest BCUT2D eigenvalue weighted by Gasteiger charge is 2.16. The highest BCUT2D eigenvalue weighted by Crippen LogP contribution is 2.22. The Bertz CT molecular complexity index is 715. The molecule has 0 saturated carbocycles. The molecule has 0 bridgehead atoms. The minimum Gasteiger partial charge on any atom is -0.320 e. The molecule has 25 heavy (non-hydrogen) atoms. The number of nitrogens with zero attached hydrogens (tertiary/aromatic N) is 2. The van der Waals surface area contributed by atoms with Gasteiger partial charge in [0.15, 0.2) is 0 Å². The predicted molar refractivity (Wildman–Crippen MR) is 100.0 cm³/mol. The van der Waals surface area contributed by atoms with Gasteiger partial charge in [0, 0.05) is 12.3 Å². The molecule has 1 aliphatic heterocycles. The summed E-state index contributed by atoms with van der Waals surface area (Å²) in [6, 6.07) is 7.77. The predicted octanol–water partition coefficient (Wildman–Crippen LogP) is 4.31. The van der Waals surface area contributed by atoms with Crippen LogP contribution in [0.4, 0.5) is 10.1 Å². The lowest BCUT2D eigenvalue weighted by atomic mass is 10.2. The Morgan fingerprint density at radius 2 is 2.08 bits per heavy atom. The fraction of sp³-hybridized carbons (Fsp3) is 0.333. The van der Waals surface area contributed by atoms with Gasteiger partial charge in [-0.1, -0.05) is 17.7 Å². The van der Waals surface area contributed by atoms with E-state index in [0.717, 1.165) is 17.3 Å². The van der Waals surface area contributed by atoms with E-state index in [1.165, 1.54) is 44.1 Å². The van der Waals surface area contributed by atoms with Crippen molar-refractivity contribution in [1.29, 1.82) is 0 Å². The molecule has 0 atom stereocenters. The lowest BCUT2D eigenvalue weighted by molar-refractivity contribution is 0.102. The first-order valence-electron chi connectivity index (χ1n) is 8.20. The van der Waals surface area contributed by atoms with Gasteiger partial charge in [0.25, 0.3) is 5.91 Å². The minimum atomic E-state index is -0.646. The molecule has 1 aromatic carbocycles. The molecule has 132 valence electrons. The van der Waals surface area contributed by atoms with Crippen LogP contribution in [0.1, 0.15) is 23.2 Å². The molecule has 4 nitrogen and oxygen atoms in total. The van der Waals surface area contributed by atoms with E-state index in [1.807, 2.05) is 6.07 Å². The van der Waals surface area contributed by atoms with E-state index < -0.39 is 11.7 Å². The van der Waals surface area contributed by atoms with Crippen LogP contribution in [0.15, 0.2) is 41.6 Å². The first-order chi connectivity index (χ1) is 12.1. The second-order valence-electron chi connectivity index (χ2n) is 5.83. The van der Waals surface area contributed by atoms with Crippen LogP contribution in [0, 0.1) is 5.82 Å². The first-order valence-corrected chi connectivity index (χ1v) is 9.56. The second-order valence-corrected chi connectivity index (χ2v) is 7.36. The number of carbonyl (C=O) groups excluding carboxylic acids is 1. The van der Waals surface area contributed by atoms with Crippen LogP contribution in [0.5, 0.6) is 0 Å². The molecule has 1 amide bonds. The van der Waals surface area contributed by atoms with Gasteiger partial charge in [-0.05, 0) is 50.2 Å². The third kappa shape index (κ3) is 4.93. The van der Waals surface area contributed by atoms with Crippen molar-refractivity contribution in [1.82, 2.24) is 9.88 Å². The second kappa shape index (κ2) is 8.65. The fourth-order valence-corrected chi connectivity index (χ4v) is 3.83. The average molecular weight is 380 g/mol. The van der Waals surface area contributed by atoms with Crippen LogP contribution < -0.4 is 5.32 Å². The number of likely N-dealkylation sites (tertiary alicyclic amines) is 1. The SMILES string of the molecule is O=C(Nc1ccc(SCCN2CCCC2)nc1)c1c(F)cccc1Cl. The summed E-state index contributed by atoms with van der Waals surface area (Å²) < 4.78 is 13.8. The standard InChI is InChI=1S/C18H19ClFN3OS/c19-14-4-3-5-15(20)17(14)18(24)22-13-6-7-16(21-12-13)25-11-10-23-8-1-2-9-23/h3-7,12H,1-2,8-11H2,(H,22,24). The van der Waals surface area contributed by atoms with Gasteiger partial charge in [-0.25, -0.2) is 9.37 Å². The summed E-state index contributed by atoms with van der Waals surface area (Å²) in [5, 5.41) is 3.61. The quantitative estimate of drug-likeness (QED) is 0.759. The van der Waals surface area contributed by atoms with Crippen molar-refractivity contribution >= 4 is 35.0 Å². The molecular weight excluding hydrogens is 361 g/mol. The Balaban J connectivity index is 1.54. The smallest absolute Gasteiger partial charge is 0.260 e. The molecule has 0 aliphatic carbocycles. The number of pyridine rings is 1. The van der Waals surface area contributed by atoms with Gasteiger partial charge in [0.05, 0.1) is 27.5 Å². The summed E-state index contributed by atoms with van der Waals surface area (Å²) in [6.45, 7) is 3.45. The first kappa shape index (κ1) is 18.2. The van der Waals surface area contributed by atoms with Gasteiger partial charge >= 0.3 is 0 Å². The van der Waals surface area contributed by atoms with Crippen molar-refractivity contribution in [3.8, 4) is 0 Å². The number of carbonyl (C=O) groups is 1. The summed E-state index contributed by atoms with van der Waals surface area (Å²) in [4.78, 5) is 19.0. The Morgan fingerprint density at radius 1 is 1.28 bits per heavy atom. The summed E-state index contributed by atoms with van der Waals surface area (Å²) >= 11 is 7.59. The molecule has 1 N–H and O–H groups in total. The van der Waals surface area contributed by atoms with Gasteiger partial charge in [-0.15, -0.1) is 11.8 Å². The molecule has 0 radical (unpaired) electrons. The number of nitrogens with one attached hydrogen (secondary N) is 1. The molecule has 2 aromatic rings. The van der Waals surface area contributed by atoms with Crippen LogP contribution in [0.3, 0.4) is 0 Å². The molecule has 0 unspecified atom stereocenters. The molecule has 0 spiro atoms. The number of anilines is 1. The highest BCUT2D eigenvalue weighted by atomic mass is 35.5. The highest BCUT2D eigenvalue weighted by molar-refractivity contribution is 7.99. The molecule has 1 fully saturated rings. The maximum absolute atomic E-state index is 13.8. The zero-order valence-corrected chi connectivity index (χ0v) is 15.2. The third-order valence-corrected chi connectivity index (χ3v) is 5.28. The topological polar surface area (TPSA) is 45.2 Å². The van der Waals surface area contributed by atoms with Crippen molar-refractivity contribution in [2.24, 2.45) is 0 Å². The summed E-state index contributed by atoms with van der Waals surface area (Å²) in [5.74, 6) is -0.241. The number of hydrogen-bond acceptors (Lipinski definition) is 4. The van der Waals surface area contributed by atoms with Crippen molar-refractivity contribution in [3.05, 3.63) is 52.9 Å². The molecule has 1 aromatic heterocycles. The number of amides is 1. The van der Waals surface area contributed by atoms with E-state index in [1.54, 1.807) is 24.0 Å². The summed E-state index contributed by atoms with van der Waals surface area (Å²) in [7, 11) is 0. The number of hydrogen-bond donors (Lipinski definition) is 1. The number of rotatable bonds is 6. The van der Waals surface area contributed by atoms with Gasteiger partial charge < -0.3 is 10.2 Å². The van der Waals surface area contributed by atoms with E-state index in [-0.39, 0.29) is 10.6 Å². The van der Waals surface area contributed by atoms with Crippen molar-refractivity contribution in [2.45, 2.75) is 17.9 Å². The zero-order valence-electron chi connectivity index (χ0n) is 13.7. The van der Waals surface area contributed by atoms with Gasteiger partial charge in [0.2, 0.25) is 0 Å². The average Bonchev–Trinajstić information content (AvgIpc) is 3.10. The summed E-state index contributed by atoms with van der Waals surface area (Å²) in [5.41, 5.74) is 0.349. The van der Waals surface area contributed by atoms with Gasteiger partial charge in [0.1, 0.15) is 5.82 Å². The third-order valence-electron chi connectivity index (χ3n) is 4.04. The molecule has 7 heteroatoms. The molecule has 3 rings (SSSR count). The van der Waals surface area contributed by atoms with Crippen LogP contribution in [0.25, 0.3) is 0 Å². The fourth-order valence-electron chi connectivity index (χ4n) is 2.73. The van der Waals surface area contributed by atoms with Crippen molar-refractivity contribution in [2.75, 3.05) is 30.7 Å². The Labute approximate surface area is 155 Å². The van der Waals surface area contributed by atoms with Crippen molar-refractivity contribution in [3.63, 3.8) is 0 Å². The molecule has 1 saturated heterocycles. The van der Waals surface area contributed by atoms with E-state index in [4.69, 9.17) is 11.6 Å². The normalized spacial score (nSPS) is 14.6. The van der Waals surface area contributed by atoms with Gasteiger partial charge in [-0.3, -0.25) is 4.79 Å². The van der Waals surface area contributed by atoms with Crippen LogP contribution in [0.2, 0.25) is 5.02 Å². The minimum absolute atomic E-state index is 0.0829. The van der Waals surface area contributed by atoms with Gasteiger partial charge in [-0.2, -0.15) is 0 Å². The zero-order chi connectivity index (χ0) is 17.6. The Morgan fingerprint density at radius 3 is 2.76 bits per heavy atom. The number of thioether (sulfide) groups is 1. The maximum atomic E-state index is 13.8. The van der Waals surface area contributed by atoms with E-state index in [2.05, 4.69) is 15.2 Å². The van der Waals surface area contributed by atoms with E-state index in [9.17, 15) is 9.18 Å². The number of halogens is 2. The lowest BCUT2D eigenvalue weighted by Crippen LogP contribution is -2.21. The Hall–Kier alpha value is -1.63. The molecular formula is C18H19ClFN3OS. The van der Waals surface area contributed by atoms with Crippen molar-refractivity contribution < 1.29 is 9.18 Å². The van der Waals surface area contributed by atoms with E-state index in [0.29, 0.717) is 5.69 Å². The monoisotopic (exact) mass is 379 g/mol. The molecule has 2 heterocycles. The number of aromatic nitrogens is 1.